The van der Waals surface area contributed by atoms with Crippen molar-refractivity contribution in [1.29, 1.82) is 0 Å². The summed E-state index contributed by atoms with van der Waals surface area (Å²) >= 11 is 4.02. The number of carbonyl (C=O) groups is 2. The second kappa shape index (κ2) is 17.5. The molecule has 0 heterocycles. The lowest BCUT2D eigenvalue weighted by Crippen LogP contribution is -2.32. The molecule has 0 spiro atoms. The third-order valence-corrected chi connectivity index (χ3v) is 3.22. The van der Waals surface area contributed by atoms with Crippen LogP contribution in [0.15, 0.2) is 0 Å². The predicted octanol–water partition coefficient (Wildman–Crippen LogP) is 0.260. The summed E-state index contributed by atoms with van der Waals surface area (Å²) in [4.78, 5) is 22.6. The highest BCUT2D eigenvalue weighted by Gasteiger charge is 2.05. The van der Waals surface area contributed by atoms with Crippen LogP contribution in [0.5, 0.6) is 0 Å². The molecule has 1 unspecified atom stereocenters. The SMILES string of the molecule is CC(C)CNC(=O)COCCOCCOCCOCCNC(=O)C(C)S. The van der Waals surface area contributed by atoms with Crippen molar-refractivity contribution in [1.82, 2.24) is 10.6 Å². The monoisotopic (exact) mass is 394 g/mol. The smallest absolute Gasteiger partial charge is 0.246 e. The molecule has 8 nitrogen and oxygen atoms in total. The Kier molecular flexibility index (Phi) is 17.0. The Labute approximate surface area is 162 Å². The zero-order valence-corrected chi connectivity index (χ0v) is 17.0. The number of hydrogen-bond donors (Lipinski definition) is 3. The van der Waals surface area contributed by atoms with Crippen molar-refractivity contribution in [3.63, 3.8) is 0 Å². The molecule has 0 fully saturated rings. The second-order valence-electron chi connectivity index (χ2n) is 6.05. The van der Waals surface area contributed by atoms with Crippen LogP contribution in [0.3, 0.4) is 0 Å². The Bertz CT molecular complexity index is 369. The topological polar surface area (TPSA) is 95.1 Å². The molecule has 0 saturated heterocycles. The largest absolute Gasteiger partial charge is 0.377 e. The maximum atomic E-state index is 11.4. The van der Waals surface area contributed by atoms with Gasteiger partial charge in [-0.25, -0.2) is 0 Å². The average Bonchev–Trinajstić information content (AvgIpc) is 2.59. The Balaban J connectivity index is 3.18. The van der Waals surface area contributed by atoms with Crippen LogP contribution in [0.2, 0.25) is 0 Å². The van der Waals surface area contributed by atoms with E-state index >= 15 is 0 Å². The van der Waals surface area contributed by atoms with Crippen LogP contribution >= 0.6 is 12.6 Å². The summed E-state index contributed by atoms with van der Waals surface area (Å²) in [5.41, 5.74) is 0. The Hall–Kier alpha value is -0.870. The molecular weight excluding hydrogens is 360 g/mol. The molecule has 0 bridgehead atoms. The van der Waals surface area contributed by atoms with Crippen molar-refractivity contribution in [3.05, 3.63) is 0 Å². The Morgan fingerprint density at radius 2 is 1.31 bits per heavy atom. The zero-order chi connectivity index (χ0) is 19.6. The molecule has 9 heteroatoms. The van der Waals surface area contributed by atoms with Crippen LogP contribution in [0.4, 0.5) is 0 Å². The molecule has 1 atom stereocenters. The lowest BCUT2D eigenvalue weighted by molar-refractivity contribution is -0.126. The van der Waals surface area contributed by atoms with Crippen molar-refractivity contribution in [2.75, 3.05) is 65.9 Å². The molecule has 0 aliphatic carbocycles. The van der Waals surface area contributed by atoms with Gasteiger partial charge in [-0.15, -0.1) is 0 Å². The molecule has 0 aromatic rings. The number of thiol groups is 1. The lowest BCUT2D eigenvalue weighted by Gasteiger charge is -2.09. The van der Waals surface area contributed by atoms with E-state index < -0.39 is 0 Å². The fourth-order valence-corrected chi connectivity index (χ4v) is 1.68. The van der Waals surface area contributed by atoms with Crippen molar-refractivity contribution in [2.24, 2.45) is 5.92 Å². The summed E-state index contributed by atoms with van der Waals surface area (Å²) in [6.07, 6.45) is 0. The van der Waals surface area contributed by atoms with Crippen molar-refractivity contribution in [2.45, 2.75) is 26.0 Å². The van der Waals surface area contributed by atoms with Crippen molar-refractivity contribution >= 4 is 24.4 Å². The van der Waals surface area contributed by atoms with E-state index in [1.54, 1.807) is 6.92 Å². The molecule has 0 aromatic carbocycles. The molecule has 0 aromatic heterocycles. The maximum absolute atomic E-state index is 11.4. The minimum atomic E-state index is -0.314. The summed E-state index contributed by atoms with van der Waals surface area (Å²) in [6, 6.07) is 0. The summed E-state index contributed by atoms with van der Waals surface area (Å²) < 4.78 is 21.2. The first-order chi connectivity index (χ1) is 12.4. The molecular formula is C17H34N2O6S. The minimum Gasteiger partial charge on any atom is -0.377 e. The maximum Gasteiger partial charge on any atom is 0.246 e. The van der Waals surface area contributed by atoms with Gasteiger partial charge in [0.15, 0.2) is 0 Å². The second-order valence-corrected chi connectivity index (χ2v) is 6.83. The van der Waals surface area contributed by atoms with Crippen LogP contribution in [0.25, 0.3) is 0 Å². The van der Waals surface area contributed by atoms with Gasteiger partial charge in [-0.05, 0) is 12.8 Å². The first-order valence-electron chi connectivity index (χ1n) is 8.97. The summed E-state index contributed by atoms with van der Waals surface area (Å²) in [6.45, 7) is 10.0. The van der Waals surface area contributed by atoms with Gasteiger partial charge in [-0.3, -0.25) is 9.59 Å². The van der Waals surface area contributed by atoms with Gasteiger partial charge in [0.25, 0.3) is 0 Å². The number of rotatable bonds is 17. The molecule has 0 aliphatic rings. The van der Waals surface area contributed by atoms with Crippen molar-refractivity contribution < 1.29 is 28.5 Å². The fraction of sp³-hybridized carbons (Fsp3) is 0.882. The van der Waals surface area contributed by atoms with Crippen LogP contribution in [0, 0.1) is 5.92 Å². The van der Waals surface area contributed by atoms with Crippen LogP contribution in [-0.2, 0) is 28.5 Å². The molecule has 0 radical (unpaired) electrons. The zero-order valence-electron chi connectivity index (χ0n) is 16.1. The third-order valence-electron chi connectivity index (χ3n) is 2.98. The molecule has 26 heavy (non-hydrogen) atoms. The number of carbonyl (C=O) groups excluding carboxylic acids is 2. The number of nitrogens with one attached hydrogen (secondary N) is 2. The Morgan fingerprint density at radius 1 is 0.808 bits per heavy atom. The van der Waals surface area contributed by atoms with E-state index in [0.29, 0.717) is 65.3 Å². The predicted molar refractivity (Wildman–Crippen MR) is 103 cm³/mol. The summed E-state index contributed by atoms with van der Waals surface area (Å²) in [5.74, 6) is 0.211. The van der Waals surface area contributed by atoms with Gasteiger partial charge in [0.2, 0.25) is 11.8 Å². The highest BCUT2D eigenvalue weighted by Crippen LogP contribution is 1.90. The molecule has 0 rings (SSSR count). The van der Waals surface area contributed by atoms with Gasteiger partial charge in [-0.1, -0.05) is 13.8 Å². The van der Waals surface area contributed by atoms with Gasteiger partial charge < -0.3 is 29.6 Å². The Morgan fingerprint density at radius 3 is 1.81 bits per heavy atom. The van der Waals surface area contributed by atoms with E-state index in [4.69, 9.17) is 18.9 Å². The van der Waals surface area contributed by atoms with E-state index in [0.717, 1.165) is 0 Å². The van der Waals surface area contributed by atoms with Crippen LogP contribution < -0.4 is 10.6 Å². The van der Waals surface area contributed by atoms with Gasteiger partial charge in [0.05, 0.1) is 51.5 Å². The first-order valence-corrected chi connectivity index (χ1v) is 9.48. The number of amides is 2. The normalized spacial score (nSPS) is 12.2. The molecule has 0 aliphatic heterocycles. The fourth-order valence-electron chi connectivity index (χ4n) is 1.59. The lowest BCUT2D eigenvalue weighted by atomic mass is 10.2. The van der Waals surface area contributed by atoms with Gasteiger partial charge in [0.1, 0.15) is 6.61 Å². The highest BCUT2D eigenvalue weighted by atomic mass is 32.1. The molecule has 154 valence electrons. The quantitative estimate of drug-likeness (QED) is 0.242. The van der Waals surface area contributed by atoms with E-state index in [1.165, 1.54) is 0 Å². The van der Waals surface area contributed by atoms with E-state index in [1.807, 2.05) is 13.8 Å². The van der Waals surface area contributed by atoms with Crippen molar-refractivity contribution in [3.8, 4) is 0 Å². The number of hydrogen-bond acceptors (Lipinski definition) is 7. The van der Waals surface area contributed by atoms with Gasteiger partial charge >= 0.3 is 0 Å². The van der Waals surface area contributed by atoms with Gasteiger partial charge in [0, 0.05) is 13.1 Å². The first kappa shape index (κ1) is 25.1. The molecule has 2 N–H and O–H groups in total. The van der Waals surface area contributed by atoms with Crippen LogP contribution in [0.1, 0.15) is 20.8 Å². The standard InChI is InChI=1S/C17H34N2O6S/c1-14(2)12-19-16(20)13-25-11-10-24-9-8-23-7-6-22-5-4-18-17(21)15(3)26/h14-15,26H,4-13H2,1-3H3,(H,18,21)(H,19,20). The van der Waals surface area contributed by atoms with Crippen LogP contribution in [-0.4, -0.2) is 83.0 Å². The minimum absolute atomic E-state index is 0.0529. The molecule has 2 amide bonds. The van der Waals surface area contributed by atoms with Gasteiger partial charge in [-0.2, -0.15) is 12.6 Å². The van der Waals surface area contributed by atoms with E-state index in [9.17, 15) is 9.59 Å². The highest BCUT2D eigenvalue weighted by molar-refractivity contribution is 7.81. The average molecular weight is 395 g/mol. The van der Waals surface area contributed by atoms with E-state index in [-0.39, 0.29) is 23.7 Å². The number of ether oxygens (including phenoxy) is 4. The summed E-state index contributed by atoms with van der Waals surface area (Å²) in [5, 5.41) is 5.16. The molecule has 0 saturated carbocycles. The summed E-state index contributed by atoms with van der Waals surface area (Å²) in [7, 11) is 0. The third kappa shape index (κ3) is 17.9. The van der Waals surface area contributed by atoms with E-state index in [2.05, 4.69) is 23.3 Å².